The summed E-state index contributed by atoms with van der Waals surface area (Å²) in [6.45, 7) is 2.83. The maximum absolute atomic E-state index is 5.40. The highest BCUT2D eigenvalue weighted by Crippen LogP contribution is 2.10. The predicted octanol–water partition coefficient (Wildman–Crippen LogP) is 0.834. The minimum Gasteiger partial charge on any atom is -0.382 e. The van der Waals surface area contributed by atoms with Gasteiger partial charge in [-0.3, -0.25) is 0 Å². The van der Waals surface area contributed by atoms with Crippen LogP contribution in [0.3, 0.4) is 0 Å². The zero-order chi connectivity index (χ0) is 15.5. The van der Waals surface area contributed by atoms with E-state index in [1.165, 1.54) is 0 Å². The third-order valence-corrected chi connectivity index (χ3v) is 2.68. The molecule has 0 amide bonds. The molecule has 0 fully saturated rings. The summed E-state index contributed by atoms with van der Waals surface area (Å²) in [7, 11) is 7.26. The van der Waals surface area contributed by atoms with Gasteiger partial charge in [-0.25, -0.2) is 0 Å². The first-order valence-corrected chi connectivity index (χ1v) is 7.09. The Morgan fingerprint density at radius 2 is 1.76 bits per heavy atom. The monoisotopic (exact) mass is 298 g/mol. The molecular formula is C13H26N6O2. The standard InChI is InChI=1S/C13H26N6O2/c1-14-11-16-12(18-13(17-11)19(2)3)15-7-5-6-8-21-10-9-20-4/h5-10H2,1-4H3,(H2,14,15,16,17,18). The number of hydrogen-bond acceptors (Lipinski definition) is 8. The molecule has 0 aromatic carbocycles. The van der Waals surface area contributed by atoms with E-state index in [-0.39, 0.29) is 0 Å². The molecule has 0 radical (unpaired) electrons. The third kappa shape index (κ3) is 7.05. The van der Waals surface area contributed by atoms with Crippen LogP contribution in [0.2, 0.25) is 0 Å². The van der Waals surface area contributed by atoms with Crippen molar-refractivity contribution in [2.75, 3.05) is 70.2 Å². The van der Waals surface area contributed by atoms with E-state index in [0.29, 0.717) is 31.1 Å². The minimum absolute atomic E-state index is 0.555. The number of nitrogens with zero attached hydrogens (tertiary/aromatic N) is 4. The molecule has 0 saturated carbocycles. The van der Waals surface area contributed by atoms with E-state index in [4.69, 9.17) is 9.47 Å². The van der Waals surface area contributed by atoms with Gasteiger partial charge < -0.3 is 25.0 Å². The second-order valence-corrected chi connectivity index (χ2v) is 4.67. The Morgan fingerprint density at radius 1 is 1.00 bits per heavy atom. The second-order valence-electron chi connectivity index (χ2n) is 4.67. The van der Waals surface area contributed by atoms with Crippen molar-refractivity contribution in [3.63, 3.8) is 0 Å². The summed E-state index contributed by atoms with van der Waals surface area (Å²) in [6.07, 6.45) is 1.98. The number of ether oxygens (including phenoxy) is 2. The van der Waals surface area contributed by atoms with Crippen LogP contribution in [0.4, 0.5) is 17.8 Å². The van der Waals surface area contributed by atoms with Gasteiger partial charge >= 0.3 is 0 Å². The first kappa shape index (κ1) is 17.4. The van der Waals surface area contributed by atoms with Crippen molar-refractivity contribution in [2.24, 2.45) is 0 Å². The maximum atomic E-state index is 5.40. The Hall–Kier alpha value is -1.67. The largest absolute Gasteiger partial charge is 0.382 e. The Labute approximate surface area is 126 Å². The van der Waals surface area contributed by atoms with Crippen molar-refractivity contribution in [3.8, 4) is 0 Å². The normalized spacial score (nSPS) is 10.5. The Kier molecular flexibility index (Phi) is 8.37. The number of aromatic nitrogens is 3. The third-order valence-electron chi connectivity index (χ3n) is 2.68. The molecule has 0 aliphatic rings. The van der Waals surface area contributed by atoms with Gasteiger partial charge in [-0.15, -0.1) is 0 Å². The lowest BCUT2D eigenvalue weighted by atomic mass is 10.3. The van der Waals surface area contributed by atoms with Crippen LogP contribution in [0.1, 0.15) is 12.8 Å². The van der Waals surface area contributed by atoms with Gasteiger partial charge in [0.1, 0.15) is 0 Å². The Morgan fingerprint density at radius 3 is 2.43 bits per heavy atom. The van der Waals surface area contributed by atoms with Crippen molar-refractivity contribution >= 4 is 17.8 Å². The fraction of sp³-hybridized carbons (Fsp3) is 0.769. The molecule has 2 N–H and O–H groups in total. The van der Waals surface area contributed by atoms with E-state index in [9.17, 15) is 0 Å². The van der Waals surface area contributed by atoms with E-state index in [1.54, 1.807) is 14.2 Å². The molecule has 1 rings (SSSR count). The average Bonchev–Trinajstić information content (AvgIpc) is 2.49. The summed E-state index contributed by atoms with van der Waals surface area (Å²) in [4.78, 5) is 14.7. The molecule has 0 atom stereocenters. The molecule has 0 aliphatic carbocycles. The highest BCUT2D eigenvalue weighted by Gasteiger charge is 2.06. The number of hydrogen-bond donors (Lipinski definition) is 2. The lowest BCUT2D eigenvalue weighted by Gasteiger charge is -2.13. The fourth-order valence-corrected chi connectivity index (χ4v) is 1.53. The number of anilines is 3. The van der Waals surface area contributed by atoms with Gasteiger partial charge in [-0.05, 0) is 12.8 Å². The molecule has 120 valence electrons. The van der Waals surface area contributed by atoms with Crippen molar-refractivity contribution in [2.45, 2.75) is 12.8 Å². The van der Waals surface area contributed by atoms with Crippen LogP contribution in [-0.2, 0) is 9.47 Å². The number of methoxy groups -OCH3 is 1. The first-order chi connectivity index (χ1) is 10.2. The SMILES string of the molecule is CNc1nc(NCCCCOCCOC)nc(N(C)C)n1. The molecule has 0 saturated heterocycles. The zero-order valence-electron chi connectivity index (χ0n) is 13.3. The molecule has 0 unspecified atom stereocenters. The van der Waals surface area contributed by atoms with Gasteiger partial charge in [-0.2, -0.15) is 15.0 Å². The summed E-state index contributed by atoms with van der Waals surface area (Å²) in [5.74, 6) is 1.76. The van der Waals surface area contributed by atoms with Gasteiger partial charge in [0.2, 0.25) is 17.8 Å². The molecule has 0 aliphatic heterocycles. The predicted molar refractivity (Wildman–Crippen MR) is 84.1 cm³/mol. The smallest absolute Gasteiger partial charge is 0.231 e. The van der Waals surface area contributed by atoms with Crippen LogP contribution in [0, 0.1) is 0 Å². The molecule has 8 heteroatoms. The molecule has 0 spiro atoms. The van der Waals surface area contributed by atoms with Gasteiger partial charge in [0.15, 0.2) is 0 Å². The van der Waals surface area contributed by atoms with Crippen molar-refractivity contribution in [1.29, 1.82) is 0 Å². The fourth-order valence-electron chi connectivity index (χ4n) is 1.53. The van der Waals surface area contributed by atoms with Crippen LogP contribution in [0.5, 0.6) is 0 Å². The molecular weight excluding hydrogens is 272 g/mol. The summed E-state index contributed by atoms with van der Waals surface area (Å²) in [6, 6.07) is 0. The Bertz CT molecular complexity index is 402. The summed E-state index contributed by atoms with van der Waals surface area (Å²) >= 11 is 0. The van der Waals surface area contributed by atoms with E-state index >= 15 is 0 Å². The molecule has 1 heterocycles. The second kappa shape index (κ2) is 10.1. The van der Waals surface area contributed by atoms with Crippen molar-refractivity contribution < 1.29 is 9.47 Å². The van der Waals surface area contributed by atoms with Crippen molar-refractivity contribution in [3.05, 3.63) is 0 Å². The number of unbranched alkanes of at least 4 members (excludes halogenated alkanes) is 1. The van der Waals surface area contributed by atoms with Crippen LogP contribution in [0.15, 0.2) is 0 Å². The highest BCUT2D eigenvalue weighted by atomic mass is 16.5. The highest BCUT2D eigenvalue weighted by molar-refractivity contribution is 5.42. The quantitative estimate of drug-likeness (QED) is 0.581. The summed E-state index contributed by atoms with van der Waals surface area (Å²) in [5.41, 5.74) is 0. The minimum atomic E-state index is 0.555. The molecule has 8 nitrogen and oxygen atoms in total. The van der Waals surface area contributed by atoms with E-state index in [2.05, 4.69) is 25.6 Å². The van der Waals surface area contributed by atoms with Crippen molar-refractivity contribution in [1.82, 2.24) is 15.0 Å². The van der Waals surface area contributed by atoms with E-state index in [0.717, 1.165) is 26.0 Å². The van der Waals surface area contributed by atoms with Gasteiger partial charge in [0.05, 0.1) is 13.2 Å². The van der Waals surface area contributed by atoms with Gasteiger partial charge in [0, 0.05) is 41.4 Å². The molecule has 0 bridgehead atoms. The number of rotatable bonds is 11. The average molecular weight is 298 g/mol. The molecule has 1 aromatic heterocycles. The number of nitrogens with one attached hydrogen (secondary N) is 2. The first-order valence-electron chi connectivity index (χ1n) is 7.09. The van der Waals surface area contributed by atoms with E-state index < -0.39 is 0 Å². The Balaban J connectivity index is 2.29. The lowest BCUT2D eigenvalue weighted by Crippen LogP contribution is -2.17. The molecule has 21 heavy (non-hydrogen) atoms. The maximum Gasteiger partial charge on any atom is 0.231 e. The van der Waals surface area contributed by atoms with E-state index in [1.807, 2.05) is 19.0 Å². The van der Waals surface area contributed by atoms with Crippen LogP contribution < -0.4 is 15.5 Å². The summed E-state index contributed by atoms with van der Waals surface area (Å²) < 4.78 is 10.3. The van der Waals surface area contributed by atoms with Crippen LogP contribution in [0.25, 0.3) is 0 Å². The topological polar surface area (TPSA) is 84.4 Å². The van der Waals surface area contributed by atoms with Crippen LogP contribution >= 0.6 is 0 Å². The van der Waals surface area contributed by atoms with Gasteiger partial charge in [0.25, 0.3) is 0 Å². The zero-order valence-corrected chi connectivity index (χ0v) is 13.3. The lowest BCUT2D eigenvalue weighted by molar-refractivity contribution is 0.0691. The molecule has 1 aromatic rings. The summed E-state index contributed by atoms with van der Waals surface area (Å²) in [5, 5.41) is 6.14. The van der Waals surface area contributed by atoms with Gasteiger partial charge in [-0.1, -0.05) is 0 Å². The van der Waals surface area contributed by atoms with Crippen LogP contribution in [-0.4, -0.2) is 69.6 Å².